The summed E-state index contributed by atoms with van der Waals surface area (Å²) < 4.78 is 7.22. The first-order valence-electron chi connectivity index (χ1n) is 5.35. The molecule has 0 aromatic carbocycles. The Bertz CT molecular complexity index is 525. The van der Waals surface area contributed by atoms with Crippen LogP contribution in [-0.4, -0.2) is 13.7 Å². The molecule has 0 atom stereocenters. The van der Waals surface area contributed by atoms with Crippen LogP contribution in [0.1, 0.15) is 0 Å². The van der Waals surface area contributed by atoms with Crippen molar-refractivity contribution in [2.75, 3.05) is 0 Å². The van der Waals surface area contributed by atoms with Gasteiger partial charge in [0.05, 0.1) is 0 Å². The fraction of sp³-hybridized carbons (Fsp3) is 0.250. The van der Waals surface area contributed by atoms with Crippen molar-refractivity contribution in [3.05, 3.63) is 52.3 Å². The van der Waals surface area contributed by atoms with Crippen LogP contribution in [-0.2, 0) is 19.6 Å². The Hall–Kier alpha value is -1.11. The minimum absolute atomic E-state index is 0.557. The highest BCUT2D eigenvalue weighted by molar-refractivity contribution is 7.72. The molecule has 1 heterocycles. The number of allylic oxidation sites excluding steroid dienone is 3. The first-order chi connectivity index (χ1) is 8.58. The fourth-order valence-electron chi connectivity index (χ4n) is 1.54. The van der Waals surface area contributed by atoms with Crippen LogP contribution in [0.25, 0.3) is 0 Å². The van der Waals surface area contributed by atoms with Crippen LogP contribution < -0.4 is 0 Å². The Kier molecular flexibility index (Phi) is 5.58. The molecule has 0 fully saturated rings. The van der Waals surface area contributed by atoms with E-state index in [4.69, 9.17) is 36.7 Å². The molecule has 3 nitrogen and oxygen atoms in total. The molecule has 0 aliphatic rings. The van der Waals surface area contributed by atoms with Crippen molar-refractivity contribution in [1.82, 2.24) is 13.7 Å². The van der Waals surface area contributed by atoms with Crippen LogP contribution in [0.3, 0.4) is 0 Å². The summed E-state index contributed by atoms with van der Waals surface area (Å²) in [4.78, 5) is 0. The fourth-order valence-corrected chi connectivity index (χ4v) is 2.68. The molecule has 0 aliphatic heterocycles. The van der Waals surface area contributed by atoms with Gasteiger partial charge in [-0.1, -0.05) is 18.2 Å². The van der Waals surface area contributed by atoms with Gasteiger partial charge in [0.2, 0.25) is 0 Å². The van der Waals surface area contributed by atoms with Gasteiger partial charge in [-0.05, 0) is 36.7 Å². The van der Waals surface area contributed by atoms with E-state index in [0.29, 0.717) is 33.9 Å². The van der Waals surface area contributed by atoms with Gasteiger partial charge in [-0.25, -0.2) is 0 Å². The van der Waals surface area contributed by atoms with E-state index in [1.165, 1.54) is 0 Å². The summed E-state index contributed by atoms with van der Waals surface area (Å²) in [5.41, 5.74) is 0. The Morgan fingerprint density at radius 2 is 0.889 bits per heavy atom. The van der Waals surface area contributed by atoms with Gasteiger partial charge in [0.25, 0.3) is 0 Å². The molecule has 0 N–H and O–H groups in total. The van der Waals surface area contributed by atoms with Crippen LogP contribution >= 0.6 is 36.7 Å². The third-order valence-electron chi connectivity index (χ3n) is 2.32. The SMILES string of the molecule is C=CCn1c(=S)n(CC=C)c(=S)n(CC=C)c1=S. The molecule has 0 unspecified atom stereocenters. The van der Waals surface area contributed by atoms with E-state index in [9.17, 15) is 0 Å². The maximum Gasteiger partial charge on any atom is 0.184 e. The van der Waals surface area contributed by atoms with Crippen molar-refractivity contribution in [1.29, 1.82) is 0 Å². The lowest BCUT2D eigenvalue weighted by atomic mass is 10.5. The minimum atomic E-state index is 0.557. The third kappa shape index (κ3) is 2.82. The van der Waals surface area contributed by atoms with E-state index in [1.807, 2.05) is 13.7 Å². The third-order valence-corrected chi connectivity index (χ3v) is 3.64. The maximum absolute atomic E-state index is 5.40. The second kappa shape index (κ2) is 6.72. The molecule has 0 amide bonds. The van der Waals surface area contributed by atoms with Gasteiger partial charge in [0.15, 0.2) is 14.3 Å². The molecule has 0 radical (unpaired) electrons. The Morgan fingerprint density at radius 1 is 0.667 bits per heavy atom. The molecule has 0 saturated carbocycles. The molecular weight excluding hydrogens is 282 g/mol. The van der Waals surface area contributed by atoms with Gasteiger partial charge in [-0.15, -0.1) is 19.7 Å². The molecule has 1 rings (SSSR count). The molecule has 96 valence electrons. The Morgan fingerprint density at radius 3 is 1.06 bits per heavy atom. The summed E-state index contributed by atoms with van der Waals surface area (Å²) in [5.74, 6) is 0. The molecule has 6 heteroatoms. The number of hydrogen-bond acceptors (Lipinski definition) is 3. The zero-order chi connectivity index (χ0) is 13.7. The first-order valence-corrected chi connectivity index (χ1v) is 6.58. The summed E-state index contributed by atoms with van der Waals surface area (Å²) >= 11 is 16.2. The van der Waals surface area contributed by atoms with Gasteiger partial charge in [0.1, 0.15) is 0 Å². The van der Waals surface area contributed by atoms with Crippen LogP contribution in [0.4, 0.5) is 0 Å². The Labute approximate surface area is 122 Å². The average Bonchev–Trinajstić information content (AvgIpc) is 2.35. The molecule has 0 bridgehead atoms. The van der Waals surface area contributed by atoms with Gasteiger partial charge in [0, 0.05) is 19.6 Å². The zero-order valence-corrected chi connectivity index (χ0v) is 12.5. The van der Waals surface area contributed by atoms with Gasteiger partial charge in [-0.3, -0.25) is 13.7 Å². The molecular formula is C12H15N3S3. The molecule has 0 spiro atoms. The predicted molar refractivity (Wildman–Crippen MR) is 83.5 cm³/mol. The number of aromatic nitrogens is 3. The topological polar surface area (TPSA) is 14.8 Å². The molecule has 0 aliphatic carbocycles. The summed E-state index contributed by atoms with van der Waals surface area (Å²) in [5, 5.41) is 0. The highest BCUT2D eigenvalue weighted by Crippen LogP contribution is 2.05. The smallest absolute Gasteiger partial charge is 0.184 e. The van der Waals surface area contributed by atoms with E-state index in [1.54, 1.807) is 18.2 Å². The van der Waals surface area contributed by atoms with Crippen molar-refractivity contribution in [3.63, 3.8) is 0 Å². The lowest BCUT2D eigenvalue weighted by Crippen LogP contribution is -2.19. The van der Waals surface area contributed by atoms with Gasteiger partial charge >= 0.3 is 0 Å². The lowest BCUT2D eigenvalue weighted by molar-refractivity contribution is 0.552. The van der Waals surface area contributed by atoms with Crippen molar-refractivity contribution < 1.29 is 0 Å². The maximum atomic E-state index is 5.40. The summed E-state index contributed by atoms with van der Waals surface area (Å²) in [7, 11) is 0. The first kappa shape index (κ1) is 14.9. The van der Waals surface area contributed by atoms with Crippen molar-refractivity contribution in [2.45, 2.75) is 19.6 Å². The number of hydrogen-bond donors (Lipinski definition) is 0. The van der Waals surface area contributed by atoms with E-state index in [-0.39, 0.29) is 0 Å². The minimum Gasteiger partial charge on any atom is -0.291 e. The van der Waals surface area contributed by atoms with Crippen LogP contribution in [0.2, 0.25) is 0 Å². The molecule has 1 aromatic rings. The van der Waals surface area contributed by atoms with E-state index >= 15 is 0 Å². The standard InChI is InChI=1S/C12H15N3S3/c1-4-7-13-10(16)14(8-5-2)12(18)15(9-6-3)11(13)17/h4-6H,1-3,7-9H2. The molecule has 0 saturated heterocycles. The van der Waals surface area contributed by atoms with E-state index < -0.39 is 0 Å². The quantitative estimate of drug-likeness (QED) is 0.586. The van der Waals surface area contributed by atoms with Crippen molar-refractivity contribution >= 4 is 36.7 Å². The van der Waals surface area contributed by atoms with E-state index in [2.05, 4.69) is 19.7 Å². The van der Waals surface area contributed by atoms with Gasteiger partial charge < -0.3 is 0 Å². The molecule has 1 aromatic heterocycles. The second-order valence-electron chi connectivity index (χ2n) is 3.55. The van der Waals surface area contributed by atoms with E-state index in [0.717, 1.165) is 0 Å². The summed E-state index contributed by atoms with van der Waals surface area (Å²) in [6.07, 6.45) is 5.27. The van der Waals surface area contributed by atoms with Crippen LogP contribution in [0, 0.1) is 14.3 Å². The van der Waals surface area contributed by atoms with Crippen LogP contribution in [0.5, 0.6) is 0 Å². The predicted octanol–water partition coefficient (Wildman–Crippen LogP) is 3.84. The Balaban J connectivity index is 3.74. The van der Waals surface area contributed by atoms with Crippen LogP contribution in [0.15, 0.2) is 38.0 Å². The number of nitrogens with zero attached hydrogens (tertiary/aromatic N) is 3. The highest BCUT2D eigenvalue weighted by Gasteiger charge is 2.05. The van der Waals surface area contributed by atoms with Crippen molar-refractivity contribution in [2.24, 2.45) is 0 Å². The summed E-state index contributed by atoms with van der Waals surface area (Å²) in [6, 6.07) is 0. The normalized spacial score (nSPS) is 10.0. The largest absolute Gasteiger partial charge is 0.291 e. The van der Waals surface area contributed by atoms with Crippen molar-refractivity contribution in [3.8, 4) is 0 Å². The number of rotatable bonds is 6. The average molecular weight is 297 g/mol. The highest BCUT2D eigenvalue weighted by atomic mass is 32.1. The van der Waals surface area contributed by atoms with Gasteiger partial charge in [-0.2, -0.15) is 0 Å². The second-order valence-corrected chi connectivity index (χ2v) is 4.64. The molecule has 18 heavy (non-hydrogen) atoms. The lowest BCUT2D eigenvalue weighted by Gasteiger charge is -2.16. The zero-order valence-electron chi connectivity index (χ0n) is 10.0. The summed E-state index contributed by atoms with van der Waals surface area (Å²) in [6.45, 7) is 12.8. The monoisotopic (exact) mass is 297 g/mol.